The van der Waals surface area contributed by atoms with Gasteiger partial charge in [0, 0.05) is 72.4 Å². The summed E-state index contributed by atoms with van der Waals surface area (Å²) in [4.78, 5) is 4.89. The molecule has 5 aromatic heterocycles. The standard InChI is InChI=1S/C78H60N4O2/c1-6-51(52-23-25-53(26-24-52)78-79-35-36-80(78)77-49(4)37-47(2)38-50(77)5)39-48(3)56-40-57(54-27-31-73-65(43-54)67-45-59(29-33-75(67)83-73)81-69-19-11-7-15-61(69)62-16-8-12-20-70(62)81)42-58(41-56)55-28-32-74-66(44-55)68-46-60(30-34-76(68)84-74)82-71-21-13-9-17-63(71)64-18-10-14-22-72(64)82/h7-38,40-46,48,51H,6,39H2,1-5H3. The molecule has 5 heterocycles. The smallest absolute Gasteiger partial charge is 0.144 e. The highest BCUT2D eigenvalue weighted by atomic mass is 16.3. The Labute approximate surface area is 487 Å². The number of rotatable bonds is 11. The highest BCUT2D eigenvalue weighted by Crippen LogP contribution is 2.43. The summed E-state index contributed by atoms with van der Waals surface area (Å²) in [7, 11) is 0. The number of nitrogens with zero attached hydrogens (tertiary/aromatic N) is 4. The largest absolute Gasteiger partial charge is 0.456 e. The fraction of sp³-hybridized carbons (Fsp3) is 0.115. The minimum atomic E-state index is 0.235. The maximum Gasteiger partial charge on any atom is 0.144 e. The van der Waals surface area contributed by atoms with Crippen LogP contribution in [0, 0.1) is 20.8 Å². The molecule has 2 unspecified atom stereocenters. The van der Waals surface area contributed by atoms with Crippen molar-refractivity contribution in [3.05, 3.63) is 265 Å². The molecule has 0 saturated carbocycles. The van der Waals surface area contributed by atoms with Crippen molar-refractivity contribution in [2.75, 3.05) is 0 Å². The summed E-state index contributed by atoms with van der Waals surface area (Å²) in [6, 6.07) is 82.5. The van der Waals surface area contributed by atoms with Gasteiger partial charge in [0.05, 0.1) is 27.8 Å². The average Bonchev–Trinajstić information content (AvgIpc) is 3.21. The SMILES string of the molecule is CCC(CC(C)c1cc(-c2ccc3oc4ccc(-n5c6ccccc6c6ccccc65)cc4c3c2)cc(-c2ccc3oc4ccc(-n5c6ccccc6c6ccccc65)cc4c3c2)c1)c1ccc(-c2nccn2-c2c(C)cc(C)cc2C)cc1. The molecule has 0 bridgehead atoms. The molecule has 0 saturated heterocycles. The van der Waals surface area contributed by atoms with Gasteiger partial charge in [-0.25, -0.2) is 4.98 Å². The Morgan fingerprint density at radius 3 is 1.30 bits per heavy atom. The number of aromatic nitrogens is 4. The zero-order valence-corrected chi connectivity index (χ0v) is 47.7. The lowest BCUT2D eigenvalue weighted by molar-refractivity contribution is 0.545. The van der Waals surface area contributed by atoms with Crippen LogP contribution in [0.4, 0.5) is 0 Å². The van der Waals surface area contributed by atoms with Gasteiger partial charge >= 0.3 is 0 Å². The summed E-state index contributed by atoms with van der Waals surface area (Å²) in [5.74, 6) is 1.54. The fourth-order valence-electron chi connectivity index (χ4n) is 14.1. The van der Waals surface area contributed by atoms with E-state index in [4.69, 9.17) is 13.8 Å². The van der Waals surface area contributed by atoms with Crippen LogP contribution in [0.15, 0.2) is 246 Å². The first-order chi connectivity index (χ1) is 41.2. The summed E-state index contributed by atoms with van der Waals surface area (Å²) < 4.78 is 20.3. The third kappa shape index (κ3) is 8.03. The molecule has 0 aliphatic rings. The van der Waals surface area contributed by atoms with Crippen molar-refractivity contribution in [1.82, 2.24) is 18.7 Å². The molecule has 0 N–H and O–H groups in total. The fourth-order valence-corrected chi connectivity index (χ4v) is 14.1. The third-order valence-corrected chi connectivity index (χ3v) is 18.1. The van der Waals surface area contributed by atoms with Gasteiger partial charge in [0.25, 0.3) is 0 Å². The van der Waals surface area contributed by atoms with E-state index in [1.165, 1.54) is 88.2 Å². The molecule has 2 atom stereocenters. The topological polar surface area (TPSA) is 54.0 Å². The zero-order valence-electron chi connectivity index (χ0n) is 47.7. The molecule has 0 aliphatic heterocycles. The third-order valence-electron chi connectivity index (χ3n) is 18.1. The van der Waals surface area contributed by atoms with Crippen LogP contribution >= 0.6 is 0 Å². The van der Waals surface area contributed by atoms with Crippen LogP contribution in [0.3, 0.4) is 0 Å². The Hall–Kier alpha value is -10.2. The predicted molar refractivity (Wildman–Crippen MR) is 350 cm³/mol. The predicted octanol–water partition coefficient (Wildman–Crippen LogP) is 21.5. The molecule has 0 fully saturated rings. The molecule has 0 radical (unpaired) electrons. The first-order valence-electron chi connectivity index (χ1n) is 29.5. The summed E-state index contributed by atoms with van der Waals surface area (Å²) in [6.07, 6.45) is 6.02. The number of fused-ring (bicyclic) bond motifs is 12. The minimum absolute atomic E-state index is 0.235. The quantitative estimate of drug-likeness (QED) is 0.130. The van der Waals surface area contributed by atoms with Crippen LogP contribution in [0.5, 0.6) is 0 Å². The molecule has 6 nitrogen and oxygen atoms in total. The highest BCUT2D eigenvalue weighted by Gasteiger charge is 2.22. The first-order valence-corrected chi connectivity index (χ1v) is 29.5. The van der Waals surface area contributed by atoms with Crippen LogP contribution in [0.1, 0.15) is 66.3 Å². The molecule has 6 heteroatoms. The van der Waals surface area contributed by atoms with Crippen molar-refractivity contribution < 1.29 is 8.83 Å². The second-order valence-electron chi connectivity index (χ2n) is 23.3. The second kappa shape index (κ2) is 19.5. The van der Waals surface area contributed by atoms with E-state index in [1.807, 2.05) is 6.20 Å². The Kier molecular flexibility index (Phi) is 11.5. The minimum Gasteiger partial charge on any atom is -0.456 e. The lowest BCUT2D eigenvalue weighted by Crippen LogP contribution is -2.05. The Bertz CT molecular complexity index is 4910. The van der Waals surface area contributed by atoms with Crippen LogP contribution in [0.25, 0.3) is 138 Å². The number of furan rings is 2. The van der Waals surface area contributed by atoms with E-state index in [0.29, 0.717) is 5.92 Å². The van der Waals surface area contributed by atoms with Crippen LogP contribution in [-0.4, -0.2) is 18.7 Å². The van der Waals surface area contributed by atoms with Gasteiger partial charge in [-0.2, -0.15) is 0 Å². The Morgan fingerprint density at radius 2 is 0.833 bits per heavy atom. The molecule has 0 aliphatic carbocycles. The van der Waals surface area contributed by atoms with Gasteiger partial charge in [0.15, 0.2) is 0 Å². The molecule has 16 aromatic rings. The van der Waals surface area contributed by atoms with Crippen molar-refractivity contribution >= 4 is 87.5 Å². The lowest BCUT2D eigenvalue weighted by atomic mass is 9.82. The molecule has 404 valence electrons. The van der Waals surface area contributed by atoms with Gasteiger partial charge in [0.1, 0.15) is 28.2 Å². The van der Waals surface area contributed by atoms with Gasteiger partial charge in [-0.15, -0.1) is 0 Å². The van der Waals surface area contributed by atoms with Crippen molar-refractivity contribution in [2.24, 2.45) is 0 Å². The number of aryl methyl sites for hydroxylation is 3. The van der Waals surface area contributed by atoms with Crippen LogP contribution in [-0.2, 0) is 0 Å². The van der Waals surface area contributed by atoms with E-state index < -0.39 is 0 Å². The van der Waals surface area contributed by atoms with E-state index in [2.05, 4.69) is 279 Å². The summed E-state index contributed by atoms with van der Waals surface area (Å²) in [6.45, 7) is 11.3. The summed E-state index contributed by atoms with van der Waals surface area (Å²) >= 11 is 0. The first kappa shape index (κ1) is 49.6. The molecule has 84 heavy (non-hydrogen) atoms. The van der Waals surface area contributed by atoms with E-state index in [9.17, 15) is 0 Å². The maximum absolute atomic E-state index is 6.63. The van der Waals surface area contributed by atoms with E-state index in [1.54, 1.807) is 0 Å². The van der Waals surface area contributed by atoms with Crippen LogP contribution in [0.2, 0.25) is 0 Å². The maximum atomic E-state index is 6.63. The zero-order chi connectivity index (χ0) is 56.3. The molecule has 0 spiro atoms. The molecular formula is C78H60N4O2. The number of para-hydroxylation sites is 4. The molecule has 11 aromatic carbocycles. The van der Waals surface area contributed by atoms with Crippen LogP contribution < -0.4 is 0 Å². The van der Waals surface area contributed by atoms with E-state index in [-0.39, 0.29) is 5.92 Å². The number of hydrogen-bond acceptors (Lipinski definition) is 3. The molecule has 0 amide bonds. The van der Waals surface area contributed by atoms with Gasteiger partial charge in [0.2, 0.25) is 0 Å². The second-order valence-corrected chi connectivity index (χ2v) is 23.3. The normalized spacial score (nSPS) is 12.8. The van der Waals surface area contributed by atoms with Gasteiger partial charge in [-0.1, -0.05) is 153 Å². The Balaban J connectivity index is 0.802. The average molecular weight is 1090 g/mol. The van der Waals surface area contributed by atoms with Crippen molar-refractivity contribution in [1.29, 1.82) is 0 Å². The monoisotopic (exact) mass is 1080 g/mol. The lowest BCUT2D eigenvalue weighted by Gasteiger charge is -2.22. The van der Waals surface area contributed by atoms with Crippen molar-refractivity contribution in [3.63, 3.8) is 0 Å². The number of benzene rings is 11. The van der Waals surface area contributed by atoms with Crippen molar-refractivity contribution in [2.45, 2.75) is 59.3 Å². The Morgan fingerprint density at radius 1 is 0.405 bits per heavy atom. The van der Waals surface area contributed by atoms with E-state index >= 15 is 0 Å². The van der Waals surface area contributed by atoms with Crippen molar-refractivity contribution in [3.8, 4) is 50.7 Å². The summed E-state index contributed by atoms with van der Waals surface area (Å²) in [5.41, 5.74) is 23.8. The van der Waals surface area contributed by atoms with Gasteiger partial charge in [-0.3, -0.25) is 4.57 Å². The molecular weight excluding hydrogens is 1020 g/mol. The van der Waals surface area contributed by atoms with E-state index in [0.717, 1.165) is 90.6 Å². The highest BCUT2D eigenvalue weighted by molar-refractivity contribution is 6.13. The van der Waals surface area contributed by atoms with Gasteiger partial charge in [-0.05, 0) is 181 Å². The molecule has 16 rings (SSSR count). The van der Waals surface area contributed by atoms with Gasteiger partial charge < -0.3 is 18.0 Å². The summed E-state index contributed by atoms with van der Waals surface area (Å²) in [5, 5.41) is 9.35. The number of hydrogen-bond donors (Lipinski definition) is 0. The number of imidazole rings is 1.